The van der Waals surface area contributed by atoms with Crippen molar-refractivity contribution < 1.29 is 14.3 Å². The minimum absolute atomic E-state index is 0.0535. The van der Waals surface area contributed by atoms with Crippen LogP contribution in [0, 0.1) is 0 Å². The normalized spacial score (nSPS) is 15.2. The molecule has 0 bridgehead atoms. The Morgan fingerprint density at radius 2 is 1.67 bits per heavy atom. The zero-order chi connectivity index (χ0) is 24.0. The Labute approximate surface area is 206 Å². The van der Waals surface area contributed by atoms with E-state index in [4.69, 9.17) is 4.74 Å². The second kappa shape index (κ2) is 11.2. The van der Waals surface area contributed by atoms with Crippen molar-refractivity contribution in [1.82, 2.24) is 10.2 Å². The third-order valence-electron chi connectivity index (χ3n) is 6.22. The van der Waals surface area contributed by atoms with E-state index >= 15 is 0 Å². The van der Waals surface area contributed by atoms with Gasteiger partial charge in [0.2, 0.25) is 5.91 Å². The minimum atomic E-state index is -0.589. The second-order valence-electron chi connectivity index (χ2n) is 9.88. The standard InChI is InChI=1S/C27H35BrN2O3/c1-19(26(32)29-23-7-5-6-8-23)30(17-20-9-13-22(28)14-10-20)25(31)18-33-24-15-11-21(12-16-24)27(2,3)4/h9-16,19,23H,5-8,17-18H2,1-4H3,(H,29,32). The molecule has 1 aliphatic rings. The Kier molecular flexibility index (Phi) is 8.57. The predicted molar refractivity (Wildman–Crippen MR) is 135 cm³/mol. The zero-order valence-electron chi connectivity index (χ0n) is 20.1. The predicted octanol–water partition coefficient (Wildman–Crippen LogP) is 5.60. The van der Waals surface area contributed by atoms with Gasteiger partial charge in [0, 0.05) is 17.1 Å². The van der Waals surface area contributed by atoms with E-state index in [-0.39, 0.29) is 29.9 Å². The van der Waals surface area contributed by atoms with Crippen LogP contribution in [0.25, 0.3) is 0 Å². The number of rotatable bonds is 8. The summed E-state index contributed by atoms with van der Waals surface area (Å²) >= 11 is 3.44. The number of carbonyl (C=O) groups is 2. The molecule has 0 heterocycles. The van der Waals surface area contributed by atoms with Gasteiger partial charge in [-0.1, -0.05) is 73.8 Å². The molecular weight excluding hydrogens is 480 g/mol. The van der Waals surface area contributed by atoms with Crippen LogP contribution >= 0.6 is 15.9 Å². The SMILES string of the molecule is CC(C(=O)NC1CCCC1)N(Cc1ccc(Br)cc1)C(=O)COc1ccc(C(C)(C)C)cc1. The van der Waals surface area contributed by atoms with E-state index in [0.717, 1.165) is 35.7 Å². The summed E-state index contributed by atoms with van der Waals surface area (Å²) < 4.78 is 6.78. The van der Waals surface area contributed by atoms with Gasteiger partial charge in [-0.05, 0) is 60.6 Å². The number of benzene rings is 2. The van der Waals surface area contributed by atoms with Gasteiger partial charge in [0.15, 0.2) is 6.61 Å². The molecule has 178 valence electrons. The number of hydrogen-bond acceptors (Lipinski definition) is 3. The van der Waals surface area contributed by atoms with Gasteiger partial charge in [0.05, 0.1) is 0 Å². The second-order valence-corrected chi connectivity index (χ2v) is 10.8. The molecule has 1 atom stereocenters. The summed E-state index contributed by atoms with van der Waals surface area (Å²) in [5.41, 5.74) is 2.22. The van der Waals surface area contributed by atoms with Gasteiger partial charge in [-0.2, -0.15) is 0 Å². The lowest BCUT2D eigenvalue weighted by atomic mass is 9.87. The van der Waals surface area contributed by atoms with Crippen molar-refractivity contribution in [2.24, 2.45) is 0 Å². The number of carbonyl (C=O) groups excluding carboxylic acids is 2. The summed E-state index contributed by atoms with van der Waals surface area (Å²) in [6, 6.07) is 15.2. The fourth-order valence-electron chi connectivity index (χ4n) is 4.04. The van der Waals surface area contributed by atoms with Crippen LogP contribution in [0.1, 0.15) is 64.5 Å². The first-order chi connectivity index (χ1) is 15.6. The summed E-state index contributed by atoms with van der Waals surface area (Å²) in [7, 11) is 0. The Morgan fingerprint density at radius 1 is 1.06 bits per heavy atom. The average Bonchev–Trinajstić information content (AvgIpc) is 3.29. The van der Waals surface area contributed by atoms with E-state index in [0.29, 0.717) is 12.3 Å². The van der Waals surface area contributed by atoms with Crippen LogP contribution < -0.4 is 10.1 Å². The monoisotopic (exact) mass is 514 g/mol. The van der Waals surface area contributed by atoms with Crippen molar-refractivity contribution in [3.63, 3.8) is 0 Å². The Hall–Kier alpha value is -2.34. The first-order valence-corrected chi connectivity index (χ1v) is 12.5. The van der Waals surface area contributed by atoms with E-state index in [9.17, 15) is 9.59 Å². The van der Waals surface area contributed by atoms with Crippen LogP contribution in [0.2, 0.25) is 0 Å². The summed E-state index contributed by atoms with van der Waals surface area (Å²) in [6.45, 7) is 8.49. The molecule has 0 saturated heterocycles. The maximum atomic E-state index is 13.2. The Morgan fingerprint density at radius 3 is 2.24 bits per heavy atom. The molecule has 1 N–H and O–H groups in total. The number of halogens is 1. The highest BCUT2D eigenvalue weighted by Crippen LogP contribution is 2.24. The fraction of sp³-hybridized carbons (Fsp3) is 0.481. The highest BCUT2D eigenvalue weighted by molar-refractivity contribution is 9.10. The van der Waals surface area contributed by atoms with Crippen LogP contribution in [-0.2, 0) is 21.5 Å². The van der Waals surface area contributed by atoms with Gasteiger partial charge < -0.3 is 15.0 Å². The number of amides is 2. The maximum Gasteiger partial charge on any atom is 0.261 e. The van der Waals surface area contributed by atoms with Gasteiger partial charge in [-0.3, -0.25) is 9.59 Å². The van der Waals surface area contributed by atoms with Crippen molar-refractivity contribution in [3.05, 3.63) is 64.1 Å². The smallest absolute Gasteiger partial charge is 0.261 e. The lowest BCUT2D eigenvalue weighted by Crippen LogP contribution is -2.50. The third-order valence-corrected chi connectivity index (χ3v) is 6.75. The number of nitrogens with zero attached hydrogens (tertiary/aromatic N) is 1. The molecule has 33 heavy (non-hydrogen) atoms. The van der Waals surface area contributed by atoms with Gasteiger partial charge in [-0.15, -0.1) is 0 Å². The highest BCUT2D eigenvalue weighted by atomic mass is 79.9. The molecular formula is C27H35BrN2O3. The van der Waals surface area contributed by atoms with Gasteiger partial charge in [0.25, 0.3) is 5.91 Å². The molecule has 1 fully saturated rings. The van der Waals surface area contributed by atoms with Crippen molar-refractivity contribution in [1.29, 1.82) is 0 Å². The molecule has 1 saturated carbocycles. The summed E-state index contributed by atoms with van der Waals surface area (Å²) in [5, 5.41) is 3.12. The third kappa shape index (κ3) is 7.32. The molecule has 2 amide bonds. The van der Waals surface area contributed by atoms with Gasteiger partial charge in [-0.25, -0.2) is 0 Å². The minimum Gasteiger partial charge on any atom is -0.484 e. The molecule has 0 spiro atoms. The number of hydrogen-bond donors (Lipinski definition) is 1. The maximum absolute atomic E-state index is 13.2. The number of nitrogens with one attached hydrogen (secondary N) is 1. The van der Waals surface area contributed by atoms with E-state index < -0.39 is 6.04 Å². The van der Waals surface area contributed by atoms with Gasteiger partial charge in [0.1, 0.15) is 11.8 Å². The zero-order valence-corrected chi connectivity index (χ0v) is 21.7. The van der Waals surface area contributed by atoms with Crippen molar-refractivity contribution in [2.75, 3.05) is 6.61 Å². The van der Waals surface area contributed by atoms with Crippen LogP contribution in [0.15, 0.2) is 53.0 Å². The molecule has 0 aromatic heterocycles. The van der Waals surface area contributed by atoms with E-state index in [1.165, 1.54) is 5.56 Å². The van der Waals surface area contributed by atoms with Crippen LogP contribution in [-0.4, -0.2) is 35.4 Å². The Bertz CT molecular complexity index is 929. The van der Waals surface area contributed by atoms with Crippen molar-refractivity contribution in [3.8, 4) is 5.75 Å². The largest absolute Gasteiger partial charge is 0.484 e. The van der Waals surface area contributed by atoms with Crippen molar-refractivity contribution >= 4 is 27.7 Å². The molecule has 2 aromatic rings. The van der Waals surface area contributed by atoms with Crippen LogP contribution in [0.3, 0.4) is 0 Å². The molecule has 3 rings (SSSR count). The molecule has 1 aliphatic carbocycles. The molecule has 2 aromatic carbocycles. The summed E-state index contributed by atoms with van der Waals surface area (Å²) in [6.07, 6.45) is 4.30. The summed E-state index contributed by atoms with van der Waals surface area (Å²) in [5.74, 6) is 0.316. The summed E-state index contributed by atoms with van der Waals surface area (Å²) in [4.78, 5) is 27.8. The first-order valence-electron chi connectivity index (χ1n) is 11.7. The topological polar surface area (TPSA) is 58.6 Å². The van der Waals surface area contributed by atoms with Crippen LogP contribution in [0.4, 0.5) is 0 Å². The molecule has 0 radical (unpaired) electrons. The molecule has 1 unspecified atom stereocenters. The highest BCUT2D eigenvalue weighted by Gasteiger charge is 2.28. The number of ether oxygens (including phenoxy) is 1. The van der Waals surface area contributed by atoms with Crippen LogP contribution in [0.5, 0.6) is 5.75 Å². The average molecular weight is 515 g/mol. The Balaban J connectivity index is 1.69. The lowest BCUT2D eigenvalue weighted by molar-refractivity contribution is -0.142. The molecule has 5 nitrogen and oxygen atoms in total. The van der Waals surface area contributed by atoms with E-state index in [1.807, 2.05) is 48.5 Å². The fourth-order valence-corrected chi connectivity index (χ4v) is 4.30. The van der Waals surface area contributed by atoms with Crippen molar-refractivity contribution in [2.45, 2.75) is 77.4 Å². The van der Waals surface area contributed by atoms with E-state index in [1.54, 1.807) is 11.8 Å². The molecule has 6 heteroatoms. The quantitative estimate of drug-likeness (QED) is 0.498. The lowest BCUT2D eigenvalue weighted by Gasteiger charge is -2.29. The van der Waals surface area contributed by atoms with E-state index in [2.05, 4.69) is 42.0 Å². The molecule has 0 aliphatic heterocycles. The van der Waals surface area contributed by atoms with Gasteiger partial charge >= 0.3 is 0 Å². The first kappa shape index (κ1) is 25.3.